The zero-order valence-corrected chi connectivity index (χ0v) is 16.0. The highest BCUT2D eigenvalue weighted by atomic mass is 16.2. The summed E-state index contributed by atoms with van der Waals surface area (Å²) in [6.07, 6.45) is 1.64. The maximum absolute atomic E-state index is 13.0. The summed E-state index contributed by atoms with van der Waals surface area (Å²) in [5.74, 6) is 0.706. The molecule has 1 aromatic heterocycles. The Morgan fingerprint density at radius 2 is 1.70 bits per heavy atom. The van der Waals surface area contributed by atoms with Crippen molar-refractivity contribution in [2.75, 3.05) is 5.32 Å². The fraction of sp³-hybridized carbons (Fsp3) is 0.217. The van der Waals surface area contributed by atoms with Crippen molar-refractivity contribution in [3.63, 3.8) is 0 Å². The van der Waals surface area contributed by atoms with Gasteiger partial charge in [-0.1, -0.05) is 48.0 Å². The lowest BCUT2D eigenvalue weighted by atomic mass is 10.1. The number of hydrogen-bond acceptors (Lipinski definition) is 3. The van der Waals surface area contributed by atoms with E-state index in [0.717, 1.165) is 17.1 Å². The fourth-order valence-corrected chi connectivity index (χ4v) is 2.81. The van der Waals surface area contributed by atoms with Crippen LogP contribution >= 0.6 is 0 Å². The molecule has 0 aliphatic rings. The lowest BCUT2D eigenvalue weighted by molar-refractivity contribution is 0.0690. The lowest BCUT2D eigenvalue weighted by Crippen LogP contribution is -2.36. The summed E-state index contributed by atoms with van der Waals surface area (Å²) in [4.78, 5) is 19.2. The molecule has 0 fully saturated rings. The normalized spacial score (nSPS) is 10.7. The third kappa shape index (κ3) is 4.94. The van der Waals surface area contributed by atoms with Crippen LogP contribution in [-0.2, 0) is 6.54 Å². The number of anilines is 2. The van der Waals surface area contributed by atoms with Crippen molar-refractivity contribution in [3.8, 4) is 0 Å². The largest absolute Gasteiger partial charge is 0.340 e. The molecular formula is C23H25N3O. The maximum Gasteiger partial charge on any atom is 0.255 e. The minimum atomic E-state index is -0.0109. The third-order valence-corrected chi connectivity index (χ3v) is 4.41. The number of benzene rings is 2. The van der Waals surface area contributed by atoms with Gasteiger partial charge in [0.2, 0.25) is 0 Å². The highest BCUT2D eigenvalue weighted by Gasteiger charge is 2.19. The average molecular weight is 359 g/mol. The van der Waals surface area contributed by atoms with E-state index in [2.05, 4.69) is 17.2 Å². The molecule has 138 valence electrons. The number of rotatable bonds is 6. The molecule has 0 bridgehead atoms. The van der Waals surface area contributed by atoms with Gasteiger partial charge in [-0.05, 0) is 50.6 Å². The van der Waals surface area contributed by atoms with Crippen LogP contribution in [0.4, 0.5) is 11.5 Å². The van der Waals surface area contributed by atoms with Gasteiger partial charge in [-0.3, -0.25) is 4.79 Å². The standard InChI is InChI=1S/C23H25N3O/c1-17(2)26(16-19-7-5-4-6-8-19)23(27)20-11-14-22(24-15-20)25-21-12-9-18(3)10-13-21/h4-15,17H,16H2,1-3H3,(H,24,25). The molecule has 1 N–H and O–H groups in total. The maximum atomic E-state index is 13.0. The van der Waals surface area contributed by atoms with Crippen molar-refractivity contribution in [2.45, 2.75) is 33.4 Å². The van der Waals surface area contributed by atoms with Crippen LogP contribution in [0.2, 0.25) is 0 Å². The van der Waals surface area contributed by atoms with Crippen molar-refractivity contribution in [1.29, 1.82) is 0 Å². The van der Waals surface area contributed by atoms with E-state index in [1.807, 2.05) is 85.5 Å². The Bertz CT molecular complexity index is 872. The molecule has 0 atom stereocenters. The number of nitrogens with zero attached hydrogens (tertiary/aromatic N) is 2. The Balaban J connectivity index is 1.72. The Kier molecular flexibility index (Phi) is 5.87. The highest BCUT2D eigenvalue weighted by molar-refractivity contribution is 5.94. The molecule has 0 aliphatic heterocycles. The molecule has 1 amide bonds. The smallest absolute Gasteiger partial charge is 0.255 e. The van der Waals surface area contributed by atoms with Crippen molar-refractivity contribution in [1.82, 2.24) is 9.88 Å². The molecule has 3 rings (SSSR count). The van der Waals surface area contributed by atoms with Gasteiger partial charge >= 0.3 is 0 Å². The second-order valence-electron chi connectivity index (χ2n) is 6.94. The molecule has 4 heteroatoms. The molecule has 0 aliphatic carbocycles. The Hall–Kier alpha value is -3.14. The van der Waals surface area contributed by atoms with Crippen molar-refractivity contribution in [3.05, 3.63) is 89.6 Å². The molecule has 4 nitrogen and oxygen atoms in total. The summed E-state index contributed by atoms with van der Waals surface area (Å²) in [6.45, 7) is 6.70. The Morgan fingerprint density at radius 3 is 2.30 bits per heavy atom. The zero-order valence-electron chi connectivity index (χ0n) is 16.0. The topological polar surface area (TPSA) is 45.2 Å². The van der Waals surface area contributed by atoms with Gasteiger partial charge in [0.15, 0.2) is 0 Å². The van der Waals surface area contributed by atoms with Crippen LogP contribution in [0.15, 0.2) is 72.9 Å². The second kappa shape index (κ2) is 8.49. The van der Waals surface area contributed by atoms with Gasteiger partial charge in [-0.25, -0.2) is 4.98 Å². The SMILES string of the molecule is Cc1ccc(Nc2ccc(C(=O)N(Cc3ccccc3)C(C)C)cn2)cc1. The molecule has 0 saturated heterocycles. The van der Waals surface area contributed by atoms with Crippen molar-refractivity contribution >= 4 is 17.4 Å². The Morgan fingerprint density at radius 1 is 1.00 bits per heavy atom. The third-order valence-electron chi connectivity index (χ3n) is 4.41. The molecule has 3 aromatic rings. The van der Waals surface area contributed by atoms with Crippen LogP contribution in [0, 0.1) is 6.92 Å². The van der Waals surface area contributed by atoms with Gasteiger partial charge in [0.05, 0.1) is 5.56 Å². The van der Waals surface area contributed by atoms with Crippen molar-refractivity contribution < 1.29 is 4.79 Å². The van der Waals surface area contributed by atoms with Crippen molar-refractivity contribution in [2.24, 2.45) is 0 Å². The van der Waals surface area contributed by atoms with E-state index < -0.39 is 0 Å². The predicted octanol–water partition coefficient (Wildman–Crippen LogP) is 5.18. The fourth-order valence-electron chi connectivity index (χ4n) is 2.81. The molecule has 0 radical (unpaired) electrons. The molecule has 0 spiro atoms. The van der Waals surface area contributed by atoms with Gasteiger partial charge in [0.25, 0.3) is 5.91 Å². The lowest BCUT2D eigenvalue weighted by Gasteiger charge is -2.27. The van der Waals surface area contributed by atoms with E-state index in [1.54, 1.807) is 6.20 Å². The first-order valence-electron chi connectivity index (χ1n) is 9.17. The monoisotopic (exact) mass is 359 g/mol. The zero-order chi connectivity index (χ0) is 19.2. The summed E-state index contributed by atoms with van der Waals surface area (Å²) in [7, 11) is 0. The molecule has 1 heterocycles. The molecule has 0 unspecified atom stereocenters. The van der Waals surface area contributed by atoms with Crippen LogP contribution in [0.5, 0.6) is 0 Å². The van der Waals surface area contributed by atoms with E-state index in [9.17, 15) is 4.79 Å². The first-order chi connectivity index (χ1) is 13.0. The van der Waals surface area contributed by atoms with Gasteiger partial charge in [0, 0.05) is 24.5 Å². The van der Waals surface area contributed by atoms with E-state index in [-0.39, 0.29) is 11.9 Å². The average Bonchev–Trinajstić information content (AvgIpc) is 2.68. The molecular weight excluding hydrogens is 334 g/mol. The number of amides is 1. The summed E-state index contributed by atoms with van der Waals surface area (Å²) >= 11 is 0. The molecule has 27 heavy (non-hydrogen) atoms. The highest BCUT2D eigenvalue weighted by Crippen LogP contribution is 2.17. The minimum absolute atomic E-state index is 0.0109. The van der Waals surface area contributed by atoms with Gasteiger partial charge in [0.1, 0.15) is 5.82 Å². The van der Waals surface area contributed by atoms with E-state index in [4.69, 9.17) is 0 Å². The molecule has 0 saturated carbocycles. The summed E-state index contributed by atoms with van der Waals surface area (Å²) in [5.41, 5.74) is 3.89. The number of pyridine rings is 1. The predicted molar refractivity (Wildman–Crippen MR) is 110 cm³/mol. The first-order valence-corrected chi connectivity index (χ1v) is 9.17. The number of hydrogen-bond donors (Lipinski definition) is 1. The van der Waals surface area contributed by atoms with Gasteiger partial charge < -0.3 is 10.2 Å². The Labute approximate surface area is 160 Å². The minimum Gasteiger partial charge on any atom is -0.340 e. The van der Waals surface area contributed by atoms with Crippen LogP contribution in [-0.4, -0.2) is 21.8 Å². The second-order valence-corrected chi connectivity index (χ2v) is 6.94. The molecule has 2 aromatic carbocycles. The van der Waals surface area contributed by atoms with E-state index in [0.29, 0.717) is 12.1 Å². The van der Waals surface area contributed by atoms with Crippen LogP contribution in [0.1, 0.15) is 35.3 Å². The van der Waals surface area contributed by atoms with Crippen LogP contribution in [0.3, 0.4) is 0 Å². The number of carbonyl (C=O) groups excluding carboxylic acids is 1. The van der Waals surface area contributed by atoms with Crippen LogP contribution < -0.4 is 5.32 Å². The van der Waals surface area contributed by atoms with Gasteiger partial charge in [-0.15, -0.1) is 0 Å². The number of aromatic nitrogens is 1. The first kappa shape index (κ1) is 18.6. The number of nitrogens with one attached hydrogen (secondary N) is 1. The number of aryl methyl sites for hydroxylation is 1. The summed E-state index contributed by atoms with van der Waals surface area (Å²) in [5, 5.41) is 3.25. The summed E-state index contributed by atoms with van der Waals surface area (Å²) < 4.78 is 0. The van der Waals surface area contributed by atoms with E-state index >= 15 is 0 Å². The number of carbonyl (C=O) groups is 1. The van der Waals surface area contributed by atoms with Crippen LogP contribution in [0.25, 0.3) is 0 Å². The van der Waals surface area contributed by atoms with Gasteiger partial charge in [-0.2, -0.15) is 0 Å². The quantitative estimate of drug-likeness (QED) is 0.659. The van der Waals surface area contributed by atoms with E-state index in [1.165, 1.54) is 5.56 Å². The summed E-state index contributed by atoms with van der Waals surface area (Å²) in [6, 6.07) is 21.9.